The number of halogens is 2. The van der Waals surface area contributed by atoms with Crippen molar-refractivity contribution in [1.29, 1.82) is 0 Å². The maximum Gasteiger partial charge on any atom is 0.224 e. The van der Waals surface area contributed by atoms with Crippen LogP contribution in [0, 0.1) is 0 Å². The number of piperidine rings is 1. The fourth-order valence-electron chi connectivity index (χ4n) is 3.29. The highest BCUT2D eigenvalue weighted by atomic mass is 127. The Labute approximate surface area is 190 Å². The van der Waals surface area contributed by atoms with Crippen LogP contribution in [0.5, 0.6) is 5.75 Å². The number of carbonyl (C=O) groups is 1. The van der Waals surface area contributed by atoms with Crippen LogP contribution in [0.4, 0.5) is 0 Å². The normalized spacial score (nSPS) is 16.9. The second-order valence-electron chi connectivity index (χ2n) is 6.82. The molecule has 1 aromatic carbocycles. The number of methoxy groups -OCH3 is 1. The number of likely N-dealkylation sites (tertiary alicyclic amines) is 1. The summed E-state index contributed by atoms with van der Waals surface area (Å²) in [6.45, 7) is 4.29. The molecule has 2 N–H and O–H groups in total. The van der Waals surface area contributed by atoms with Gasteiger partial charge >= 0.3 is 0 Å². The molecule has 6 nitrogen and oxygen atoms in total. The Morgan fingerprint density at radius 2 is 2.07 bits per heavy atom. The number of nitrogens with one attached hydrogen (secondary N) is 2. The zero-order valence-electron chi connectivity index (χ0n) is 17.0. The summed E-state index contributed by atoms with van der Waals surface area (Å²) in [4.78, 5) is 18.6. The third-order valence-electron chi connectivity index (χ3n) is 4.93. The molecule has 1 saturated heterocycles. The molecule has 1 fully saturated rings. The summed E-state index contributed by atoms with van der Waals surface area (Å²) in [6.07, 6.45) is 4.69. The van der Waals surface area contributed by atoms with Gasteiger partial charge in [-0.3, -0.25) is 9.79 Å². The summed E-state index contributed by atoms with van der Waals surface area (Å²) in [5.74, 6) is 1.66. The van der Waals surface area contributed by atoms with Crippen molar-refractivity contribution in [3.63, 3.8) is 0 Å². The van der Waals surface area contributed by atoms with E-state index in [9.17, 15) is 4.79 Å². The molecule has 1 atom stereocenters. The van der Waals surface area contributed by atoms with Crippen LogP contribution in [-0.4, -0.2) is 56.6 Å². The molecule has 1 heterocycles. The minimum Gasteiger partial charge on any atom is -0.497 e. The van der Waals surface area contributed by atoms with Crippen LogP contribution in [0.2, 0.25) is 5.02 Å². The highest BCUT2D eigenvalue weighted by Gasteiger charge is 2.22. The maximum absolute atomic E-state index is 12.4. The Morgan fingerprint density at radius 3 is 2.71 bits per heavy atom. The Hall–Kier alpha value is -1.22. The minimum absolute atomic E-state index is 0. The van der Waals surface area contributed by atoms with Crippen LogP contribution in [-0.2, 0) is 11.2 Å². The number of guanidine groups is 1. The number of carbonyl (C=O) groups excluding carboxylic acids is 1. The van der Waals surface area contributed by atoms with Gasteiger partial charge in [0.25, 0.3) is 0 Å². The monoisotopic (exact) mass is 522 g/mol. The van der Waals surface area contributed by atoms with Gasteiger partial charge in [0.05, 0.1) is 7.11 Å². The predicted octanol–water partition coefficient (Wildman–Crippen LogP) is 3.47. The first-order valence-corrected chi connectivity index (χ1v) is 9.99. The molecule has 0 spiro atoms. The number of ether oxygens (including phenoxy) is 1. The van der Waals surface area contributed by atoms with E-state index in [-0.39, 0.29) is 29.9 Å². The van der Waals surface area contributed by atoms with Crippen LogP contribution in [0.3, 0.4) is 0 Å². The Morgan fingerprint density at radius 1 is 1.32 bits per heavy atom. The molecule has 1 aliphatic rings. The van der Waals surface area contributed by atoms with E-state index < -0.39 is 0 Å². The van der Waals surface area contributed by atoms with Crippen LogP contribution in [0.25, 0.3) is 0 Å². The molecular weight excluding hydrogens is 491 g/mol. The van der Waals surface area contributed by atoms with Gasteiger partial charge in [-0.15, -0.1) is 24.0 Å². The number of benzene rings is 1. The van der Waals surface area contributed by atoms with Gasteiger partial charge in [-0.1, -0.05) is 17.7 Å². The summed E-state index contributed by atoms with van der Waals surface area (Å²) < 4.78 is 5.16. The average molecular weight is 523 g/mol. The zero-order valence-corrected chi connectivity index (χ0v) is 20.0. The number of amides is 1. The number of rotatable bonds is 7. The summed E-state index contributed by atoms with van der Waals surface area (Å²) in [6, 6.07) is 6.05. The molecule has 0 aliphatic carbocycles. The first kappa shape index (κ1) is 24.8. The summed E-state index contributed by atoms with van der Waals surface area (Å²) in [5, 5.41) is 7.17. The molecule has 28 heavy (non-hydrogen) atoms. The van der Waals surface area contributed by atoms with E-state index in [1.54, 1.807) is 14.2 Å². The number of nitrogens with zero attached hydrogens (tertiary/aromatic N) is 2. The Kier molecular flexibility index (Phi) is 11.6. The molecule has 0 bridgehead atoms. The van der Waals surface area contributed by atoms with Crippen LogP contribution in [0.1, 0.15) is 38.2 Å². The fraction of sp³-hybridized carbons (Fsp3) is 0.600. The van der Waals surface area contributed by atoms with Crippen molar-refractivity contribution in [3.05, 3.63) is 28.8 Å². The standard InChI is InChI=1S/C20H31ClN4O2.HI/c1-15-6-4-5-13-25(15)19(26)10-12-24-20(22-2)23-11-9-16-7-8-17(27-3)14-18(16)21;/h7-8,14-15H,4-6,9-13H2,1-3H3,(H2,22,23,24);1H. The smallest absolute Gasteiger partial charge is 0.224 e. The number of hydrogen-bond donors (Lipinski definition) is 2. The second kappa shape index (κ2) is 13.1. The molecule has 0 aromatic heterocycles. The van der Waals surface area contributed by atoms with Crippen LogP contribution in [0.15, 0.2) is 23.2 Å². The van der Waals surface area contributed by atoms with E-state index in [0.29, 0.717) is 36.5 Å². The topological polar surface area (TPSA) is 66.0 Å². The third kappa shape index (κ3) is 7.66. The van der Waals surface area contributed by atoms with Gasteiger partial charge in [-0.05, 0) is 50.3 Å². The van der Waals surface area contributed by atoms with Crippen molar-refractivity contribution in [2.24, 2.45) is 4.99 Å². The molecule has 1 amide bonds. The van der Waals surface area contributed by atoms with Crippen molar-refractivity contribution >= 4 is 47.4 Å². The molecule has 8 heteroatoms. The number of aliphatic imine (C=N–C) groups is 1. The quantitative estimate of drug-likeness (QED) is 0.327. The molecule has 158 valence electrons. The summed E-state index contributed by atoms with van der Waals surface area (Å²) >= 11 is 6.27. The SMILES string of the molecule is CN=C(NCCC(=O)N1CCCCC1C)NCCc1ccc(OC)cc1Cl.I. The molecule has 1 aliphatic heterocycles. The molecule has 1 unspecified atom stereocenters. The van der Waals surface area contributed by atoms with Crippen molar-refractivity contribution in [2.75, 3.05) is 33.8 Å². The van der Waals surface area contributed by atoms with E-state index in [4.69, 9.17) is 16.3 Å². The van der Waals surface area contributed by atoms with Crippen LogP contribution >= 0.6 is 35.6 Å². The predicted molar refractivity (Wildman–Crippen MR) is 126 cm³/mol. The van der Waals surface area contributed by atoms with Crippen molar-refractivity contribution in [2.45, 2.75) is 45.1 Å². The Bertz CT molecular complexity index is 657. The van der Waals surface area contributed by atoms with Gasteiger partial charge in [0.1, 0.15) is 5.75 Å². The van der Waals surface area contributed by atoms with E-state index in [1.165, 1.54) is 6.42 Å². The average Bonchev–Trinajstić information content (AvgIpc) is 2.68. The Balaban J connectivity index is 0.00000392. The van der Waals surface area contributed by atoms with Gasteiger partial charge in [-0.2, -0.15) is 0 Å². The molecule has 1 aromatic rings. The van der Waals surface area contributed by atoms with Gasteiger partial charge in [0.15, 0.2) is 5.96 Å². The van der Waals surface area contributed by atoms with Crippen molar-refractivity contribution in [1.82, 2.24) is 15.5 Å². The largest absolute Gasteiger partial charge is 0.497 e. The van der Waals surface area contributed by atoms with Gasteiger partial charge < -0.3 is 20.3 Å². The van der Waals surface area contributed by atoms with E-state index >= 15 is 0 Å². The highest BCUT2D eigenvalue weighted by Crippen LogP contribution is 2.22. The summed E-state index contributed by atoms with van der Waals surface area (Å²) in [5.41, 5.74) is 1.05. The van der Waals surface area contributed by atoms with Gasteiger partial charge in [0.2, 0.25) is 5.91 Å². The lowest BCUT2D eigenvalue weighted by Gasteiger charge is -2.33. The molecule has 0 saturated carbocycles. The maximum atomic E-state index is 12.4. The molecular formula is C20H32ClIN4O2. The first-order chi connectivity index (χ1) is 13.0. The van der Waals surface area contributed by atoms with E-state index in [0.717, 1.165) is 37.1 Å². The van der Waals surface area contributed by atoms with Crippen LogP contribution < -0.4 is 15.4 Å². The fourth-order valence-corrected chi connectivity index (χ4v) is 3.56. The molecule has 0 radical (unpaired) electrons. The second-order valence-corrected chi connectivity index (χ2v) is 7.22. The zero-order chi connectivity index (χ0) is 19.6. The van der Waals surface area contributed by atoms with E-state index in [2.05, 4.69) is 22.5 Å². The lowest BCUT2D eigenvalue weighted by atomic mass is 10.0. The lowest BCUT2D eigenvalue weighted by molar-refractivity contribution is -0.134. The first-order valence-electron chi connectivity index (χ1n) is 9.61. The van der Waals surface area contributed by atoms with Gasteiger partial charge in [-0.25, -0.2) is 0 Å². The summed E-state index contributed by atoms with van der Waals surface area (Å²) in [7, 11) is 3.35. The highest BCUT2D eigenvalue weighted by molar-refractivity contribution is 14.0. The van der Waals surface area contributed by atoms with Crippen molar-refractivity contribution < 1.29 is 9.53 Å². The third-order valence-corrected chi connectivity index (χ3v) is 5.28. The number of hydrogen-bond acceptors (Lipinski definition) is 3. The van der Waals surface area contributed by atoms with Crippen molar-refractivity contribution in [3.8, 4) is 5.75 Å². The molecule has 2 rings (SSSR count). The van der Waals surface area contributed by atoms with Gasteiger partial charge in [0, 0.05) is 44.2 Å². The lowest BCUT2D eigenvalue weighted by Crippen LogP contribution is -2.44. The van der Waals surface area contributed by atoms with E-state index in [1.807, 2.05) is 23.1 Å². The minimum atomic E-state index is 0.